The highest BCUT2D eigenvalue weighted by atomic mass is 16.4. The van der Waals surface area contributed by atoms with Crippen LogP contribution in [0.2, 0.25) is 0 Å². The Morgan fingerprint density at radius 2 is 1.92 bits per heavy atom. The first-order valence-corrected chi connectivity index (χ1v) is 9.79. The van der Waals surface area contributed by atoms with E-state index >= 15 is 0 Å². The van der Waals surface area contributed by atoms with Gasteiger partial charge < -0.3 is 20.4 Å². The number of allylic oxidation sites excluding steroid dienone is 2. The minimum atomic E-state index is -0.879. The molecule has 0 aromatic heterocycles. The fourth-order valence-corrected chi connectivity index (χ4v) is 3.40. The molecular formula is C21H34O5. The summed E-state index contributed by atoms with van der Waals surface area (Å²) < 4.78 is 0. The van der Waals surface area contributed by atoms with E-state index in [0.29, 0.717) is 31.6 Å². The van der Waals surface area contributed by atoms with Crippen LogP contribution in [0.5, 0.6) is 0 Å². The van der Waals surface area contributed by atoms with E-state index in [9.17, 15) is 20.1 Å². The summed E-state index contributed by atoms with van der Waals surface area (Å²) in [7, 11) is 0. The summed E-state index contributed by atoms with van der Waals surface area (Å²) in [6.45, 7) is 4.35. The molecule has 0 radical (unpaired) electrons. The van der Waals surface area contributed by atoms with E-state index in [2.05, 4.69) is 25.7 Å². The molecule has 1 saturated carbocycles. The fourth-order valence-electron chi connectivity index (χ4n) is 3.40. The number of carboxylic acid groups (broad SMARTS) is 1. The molecule has 1 aliphatic rings. The van der Waals surface area contributed by atoms with Crippen LogP contribution in [0.15, 0.2) is 11.8 Å². The summed E-state index contributed by atoms with van der Waals surface area (Å²) in [6, 6.07) is 0. The highest BCUT2D eigenvalue weighted by Gasteiger charge is 2.40. The minimum absolute atomic E-state index is 0.0208. The van der Waals surface area contributed by atoms with Crippen molar-refractivity contribution in [3.63, 3.8) is 0 Å². The van der Waals surface area contributed by atoms with Crippen molar-refractivity contribution >= 4 is 5.97 Å². The van der Waals surface area contributed by atoms with Gasteiger partial charge in [-0.05, 0) is 31.3 Å². The number of aliphatic carboxylic acids is 1. The molecule has 0 aromatic carbocycles. The third-order valence-electron chi connectivity index (χ3n) is 5.07. The average molecular weight is 366 g/mol. The van der Waals surface area contributed by atoms with Crippen LogP contribution in [0.3, 0.4) is 0 Å². The van der Waals surface area contributed by atoms with Crippen molar-refractivity contribution in [1.29, 1.82) is 0 Å². The molecule has 0 amide bonds. The van der Waals surface area contributed by atoms with Gasteiger partial charge in [0.25, 0.3) is 0 Å². The first kappa shape index (κ1) is 22.5. The van der Waals surface area contributed by atoms with Gasteiger partial charge in [0.15, 0.2) is 0 Å². The Kier molecular flexibility index (Phi) is 10.4. The molecule has 5 nitrogen and oxygen atoms in total. The normalized spacial score (nSPS) is 27.0. The van der Waals surface area contributed by atoms with E-state index in [1.165, 1.54) is 12.8 Å². The third-order valence-corrected chi connectivity index (χ3v) is 5.07. The summed E-state index contributed by atoms with van der Waals surface area (Å²) >= 11 is 0. The Balaban J connectivity index is 2.57. The molecular weight excluding hydrogens is 332 g/mol. The standard InChI is InChI=1S/C21H34O5/c1-3-4-7-15(2)8-5-10-17-18(20(24)14-19(17)23)13-12-16(22)9-6-11-21(25)26/h12,15,17-20,22-24H,3-4,6-9,11,13-14H2,1-2H3,(H,25,26)/t15?,17-,18-,19-,20+/m1/s1. The summed E-state index contributed by atoms with van der Waals surface area (Å²) in [5, 5.41) is 38.9. The van der Waals surface area contributed by atoms with E-state index in [1.54, 1.807) is 6.08 Å². The number of hydrogen-bond acceptors (Lipinski definition) is 4. The molecule has 1 aliphatic carbocycles. The topological polar surface area (TPSA) is 98.0 Å². The highest BCUT2D eigenvalue weighted by molar-refractivity contribution is 5.66. The lowest BCUT2D eigenvalue weighted by molar-refractivity contribution is -0.137. The van der Waals surface area contributed by atoms with Gasteiger partial charge in [-0.15, -0.1) is 5.92 Å². The number of carboxylic acids is 1. The van der Waals surface area contributed by atoms with E-state index in [-0.39, 0.29) is 24.0 Å². The zero-order valence-corrected chi connectivity index (χ0v) is 16.0. The molecule has 0 heterocycles. The lowest BCUT2D eigenvalue weighted by Crippen LogP contribution is -2.20. The van der Waals surface area contributed by atoms with Crippen molar-refractivity contribution < 1.29 is 25.2 Å². The quantitative estimate of drug-likeness (QED) is 0.349. The molecule has 26 heavy (non-hydrogen) atoms. The molecule has 0 bridgehead atoms. The summed E-state index contributed by atoms with van der Waals surface area (Å²) in [5.74, 6) is 5.63. The SMILES string of the molecule is CCCCC(C)CC#C[C@@H]1[C@@H](CC=C(O)CCCC(=O)O)[C@@H](O)C[C@H]1O. The number of unbranched alkanes of at least 4 members (excludes halogenated alkanes) is 1. The van der Waals surface area contributed by atoms with Gasteiger partial charge in [0.2, 0.25) is 0 Å². The molecule has 0 saturated heterocycles. The monoisotopic (exact) mass is 366 g/mol. The largest absolute Gasteiger partial charge is 0.513 e. The molecule has 0 spiro atoms. The van der Waals surface area contributed by atoms with E-state index in [4.69, 9.17) is 5.11 Å². The molecule has 0 aliphatic heterocycles. The van der Waals surface area contributed by atoms with Gasteiger partial charge >= 0.3 is 5.97 Å². The van der Waals surface area contributed by atoms with Crippen LogP contribution in [0.4, 0.5) is 0 Å². The second-order valence-corrected chi connectivity index (χ2v) is 7.51. The van der Waals surface area contributed by atoms with Crippen LogP contribution in [-0.4, -0.2) is 38.6 Å². The predicted octanol–water partition coefficient (Wildman–Crippen LogP) is 3.65. The van der Waals surface area contributed by atoms with Gasteiger partial charge in [0.05, 0.1) is 23.9 Å². The van der Waals surface area contributed by atoms with Crippen LogP contribution in [0.25, 0.3) is 0 Å². The lowest BCUT2D eigenvalue weighted by atomic mass is 9.90. The van der Waals surface area contributed by atoms with Gasteiger partial charge in [0, 0.05) is 31.6 Å². The number of carbonyl (C=O) groups is 1. The molecule has 1 unspecified atom stereocenters. The van der Waals surface area contributed by atoms with Crippen molar-refractivity contribution in [3.05, 3.63) is 11.8 Å². The third kappa shape index (κ3) is 8.25. The Morgan fingerprint density at radius 1 is 1.19 bits per heavy atom. The smallest absolute Gasteiger partial charge is 0.303 e. The van der Waals surface area contributed by atoms with Crippen molar-refractivity contribution in [3.8, 4) is 11.8 Å². The first-order valence-electron chi connectivity index (χ1n) is 9.79. The minimum Gasteiger partial charge on any atom is -0.513 e. The summed E-state index contributed by atoms with van der Waals surface area (Å²) in [6.07, 6.45) is 6.12. The van der Waals surface area contributed by atoms with Crippen LogP contribution in [0.1, 0.15) is 71.6 Å². The van der Waals surface area contributed by atoms with Gasteiger partial charge in [-0.25, -0.2) is 0 Å². The predicted molar refractivity (Wildman–Crippen MR) is 102 cm³/mol. The molecule has 5 atom stereocenters. The van der Waals surface area contributed by atoms with Crippen LogP contribution < -0.4 is 0 Å². The molecule has 1 rings (SSSR count). The van der Waals surface area contributed by atoms with Crippen LogP contribution >= 0.6 is 0 Å². The zero-order valence-electron chi connectivity index (χ0n) is 16.0. The number of aliphatic hydroxyl groups excluding tert-OH is 3. The van der Waals surface area contributed by atoms with Crippen molar-refractivity contribution in [2.45, 2.75) is 83.8 Å². The first-order chi connectivity index (χ1) is 12.3. The van der Waals surface area contributed by atoms with Crippen molar-refractivity contribution in [1.82, 2.24) is 0 Å². The maximum absolute atomic E-state index is 10.5. The summed E-state index contributed by atoms with van der Waals surface area (Å²) in [5.41, 5.74) is 0. The number of aliphatic hydroxyl groups is 3. The van der Waals surface area contributed by atoms with E-state index in [0.717, 1.165) is 12.8 Å². The Bertz CT molecular complexity index is 516. The van der Waals surface area contributed by atoms with Crippen LogP contribution in [0, 0.1) is 29.6 Å². The molecule has 5 heteroatoms. The molecule has 0 aromatic rings. The maximum Gasteiger partial charge on any atom is 0.303 e. The van der Waals surface area contributed by atoms with Gasteiger partial charge in [-0.1, -0.05) is 32.6 Å². The van der Waals surface area contributed by atoms with Crippen LogP contribution in [-0.2, 0) is 4.79 Å². The zero-order chi connectivity index (χ0) is 19.5. The van der Waals surface area contributed by atoms with Gasteiger partial charge in [-0.2, -0.15) is 0 Å². The second kappa shape index (κ2) is 12.0. The van der Waals surface area contributed by atoms with E-state index in [1.807, 2.05) is 0 Å². The molecule has 4 N–H and O–H groups in total. The number of rotatable bonds is 10. The fraction of sp³-hybridized carbons (Fsp3) is 0.762. The average Bonchev–Trinajstić information content (AvgIpc) is 2.84. The van der Waals surface area contributed by atoms with Gasteiger partial charge in [-0.3, -0.25) is 4.79 Å². The maximum atomic E-state index is 10.5. The Hall–Kier alpha value is -1.51. The van der Waals surface area contributed by atoms with E-state index < -0.39 is 18.2 Å². The molecule has 148 valence electrons. The summed E-state index contributed by atoms with van der Waals surface area (Å²) in [4.78, 5) is 10.5. The molecule has 1 fully saturated rings. The Morgan fingerprint density at radius 3 is 2.58 bits per heavy atom. The number of hydrogen-bond donors (Lipinski definition) is 4. The van der Waals surface area contributed by atoms with Gasteiger partial charge in [0.1, 0.15) is 0 Å². The Labute approximate surface area is 157 Å². The second-order valence-electron chi connectivity index (χ2n) is 7.51. The van der Waals surface area contributed by atoms with Crippen molar-refractivity contribution in [2.75, 3.05) is 0 Å². The highest BCUT2D eigenvalue weighted by Crippen LogP contribution is 2.35. The van der Waals surface area contributed by atoms with Crippen molar-refractivity contribution in [2.24, 2.45) is 17.8 Å². The lowest BCUT2D eigenvalue weighted by Gasteiger charge is -2.17.